The second-order valence-corrected chi connectivity index (χ2v) is 8.99. The van der Waals surface area contributed by atoms with Gasteiger partial charge in [-0.1, -0.05) is 24.3 Å². The smallest absolute Gasteiger partial charge is 0.410 e. The Balaban J connectivity index is 1.53. The number of anilines is 1. The van der Waals surface area contributed by atoms with E-state index in [0.29, 0.717) is 25.6 Å². The zero-order valence-electron chi connectivity index (χ0n) is 18.3. The van der Waals surface area contributed by atoms with Gasteiger partial charge in [0.25, 0.3) is 0 Å². The maximum atomic E-state index is 13.7. The summed E-state index contributed by atoms with van der Waals surface area (Å²) >= 11 is 0. The zero-order valence-corrected chi connectivity index (χ0v) is 18.3. The van der Waals surface area contributed by atoms with Crippen LogP contribution in [0.1, 0.15) is 39.2 Å². The normalized spacial score (nSPS) is 16.6. The number of carbonyl (C=O) groups is 1. The van der Waals surface area contributed by atoms with Crippen LogP contribution in [0.2, 0.25) is 0 Å². The van der Waals surface area contributed by atoms with Crippen molar-refractivity contribution < 1.29 is 13.9 Å². The monoisotopic (exact) mass is 424 g/mol. The second kappa shape index (κ2) is 8.57. The van der Waals surface area contributed by atoms with Crippen molar-refractivity contribution in [2.24, 2.45) is 0 Å². The molecule has 0 spiro atoms. The summed E-state index contributed by atoms with van der Waals surface area (Å²) in [5.74, 6) is 0.455. The van der Waals surface area contributed by atoms with Gasteiger partial charge in [0, 0.05) is 13.1 Å². The highest BCUT2D eigenvalue weighted by molar-refractivity contribution is 5.78. The van der Waals surface area contributed by atoms with Crippen molar-refractivity contribution in [1.82, 2.24) is 14.5 Å². The van der Waals surface area contributed by atoms with E-state index in [2.05, 4.69) is 9.88 Å². The Hall–Kier alpha value is -3.09. The number of likely N-dealkylation sites (tertiary alicyclic amines) is 1. The van der Waals surface area contributed by atoms with Gasteiger partial charge in [0.05, 0.1) is 23.6 Å². The molecule has 3 aromatic rings. The van der Waals surface area contributed by atoms with E-state index in [1.807, 2.05) is 51.1 Å². The molecule has 0 bridgehead atoms. The summed E-state index contributed by atoms with van der Waals surface area (Å²) in [5.41, 5.74) is 2.19. The molecular weight excluding hydrogens is 395 g/mol. The fourth-order valence-electron chi connectivity index (χ4n) is 4.01. The standard InChI is InChI=1S/C24H29FN4O2/c1-24(2,3)31-23(30)28-13-7-10-19(28)15-26-22-27-20-11-4-5-12-21(20)29(22)16-17-8-6-9-18(25)14-17/h4-6,8-9,11-12,14,19H,7,10,13,15-16H2,1-3H3,(H,26,27)/t19-/m0/s1. The maximum Gasteiger partial charge on any atom is 0.410 e. The molecule has 1 amide bonds. The van der Waals surface area contributed by atoms with E-state index in [4.69, 9.17) is 9.72 Å². The van der Waals surface area contributed by atoms with E-state index in [0.717, 1.165) is 29.4 Å². The van der Waals surface area contributed by atoms with E-state index in [1.165, 1.54) is 6.07 Å². The molecule has 2 aromatic carbocycles. The van der Waals surface area contributed by atoms with Crippen LogP contribution in [-0.4, -0.2) is 45.3 Å². The molecule has 0 aliphatic carbocycles. The maximum absolute atomic E-state index is 13.7. The van der Waals surface area contributed by atoms with E-state index in [1.54, 1.807) is 17.0 Å². The molecule has 1 saturated heterocycles. The average Bonchev–Trinajstić information content (AvgIpc) is 3.30. The number of amides is 1. The highest BCUT2D eigenvalue weighted by Gasteiger charge is 2.32. The van der Waals surface area contributed by atoms with Crippen molar-refractivity contribution >= 4 is 23.1 Å². The van der Waals surface area contributed by atoms with E-state index in [9.17, 15) is 9.18 Å². The number of para-hydroxylation sites is 2. The molecule has 1 fully saturated rings. The number of imidazole rings is 1. The number of hydrogen-bond acceptors (Lipinski definition) is 4. The van der Waals surface area contributed by atoms with Crippen LogP contribution in [0, 0.1) is 5.82 Å². The molecule has 0 saturated carbocycles. The predicted molar refractivity (Wildman–Crippen MR) is 120 cm³/mol. The Bertz CT molecular complexity index is 1070. The van der Waals surface area contributed by atoms with Gasteiger partial charge in [-0.3, -0.25) is 0 Å². The molecule has 2 heterocycles. The predicted octanol–water partition coefficient (Wildman–Crippen LogP) is 5.04. The van der Waals surface area contributed by atoms with Gasteiger partial charge in [0.2, 0.25) is 5.95 Å². The second-order valence-electron chi connectivity index (χ2n) is 8.99. The first-order valence-corrected chi connectivity index (χ1v) is 10.7. The van der Waals surface area contributed by atoms with Crippen LogP contribution in [0.4, 0.5) is 15.1 Å². The van der Waals surface area contributed by atoms with E-state index >= 15 is 0 Å². The summed E-state index contributed by atoms with van der Waals surface area (Å²) in [4.78, 5) is 19.1. The van der Waals surface area contributed by atoms with Gasteiger partial charge in [-0.05, 0) is 63.4 Å². The SMILES string of the molecule is CC(C)(C)OC(=O)N1CCC[C@H]1CNc1nc2ccccc2n1Cc1cccc(F)c1. The van der Waals surface area contributed by atoms with Crippen LogP contribution < -0.4 is 5.32 Å². The van der Waals surface area contributed by atoms with Crippen molar-refractivity contribution in [2.75, 3.05) is 18.4 Å². The van der Waals surface area contributed by atoms with Crippen LogP contribution in [0.5, 0.6) is 0 Å². The van der Waals surface area contributed by atoms with Gasteiger partial charge in [0.15, 0.2) is 0 Å². The van der Waals surface area contributed by atoms with Gasteiger partial charge in [-0.15, -0.1) is 0 Å². The first-order valence-electron chi connectivity index (χ1n) is 10.7. The minimum atomic E-state index is -0.517. The van der Waals surface area contributed by atoms with E-state index in [-0.39, 0.29) is 18.0 Å². The lowest BCUT2D eigenvalue weighted by Crippen LogP contribution is -2.42. The summed E-state index contributed by atoms with van der Waals surface area (Å²) < 4.78 is 21.3. The number of nitrogens with one attached hydrogen (secondary N) is 1. The molecule has 4 rings (SSSR count). The molecule has 1 N–H and O–H groups in total. The summed E-state index contributed by atoms with van der Waals surface area (Å²) in [6.45, 7) is 7.41. The molecule has 1 aliphatic heterocycles. The Kier molecular flexibility index (Phi) is 5.85. The number of nitrogens with zero attached hydrogens (tertiary/aromatic N) is 3. The molecule has 1 atom stereocenters. The lowest BCUT2D eigenvalue weighted by Gasteiger charge is -2.28. The lowest BCUT2D eigenvalue weighted by atomic mass is 10.2. The van der Waals surface area contributed by atoms with Crippen LogP contribution in [0.15, 0.2) is 48.5 Å². The highest BCUT2D eigenvalue weighted by atomic mass is 19.1. The van der Waals surface area contributed by atoms with Crippen LogP contribution in [0.25, 0.3) is 11.0 Å². The molecule has 0 radical (unpaired) electrons. The zero-order chi connectivity index (χ0) is 22.0. The van der Waals surface area contributed by atoms with Gasteiger partial charge in [0.1, 0.15) is 11.4 Å². The molecule has 6 nitrogen and oxygen atoms in total. The minimum Gasteiger partial charge on any atom is -0.444 e. The molecule has 31 heavy (non-hydrogen) atoms. The van der Waals surface area contributed by atoms with E-state index < -0.39 is 5.60 Å². The van der Waals surface area contributed by atoms with Gasteiger partial charge >= 0.3 is 6.09 Å². The average molecular weight is 425 g/mol. The third-order valence-corrected chi connectivity index (χ3v) is 5.39. The van der Waals surface area contributed by atoms with Gasteiger partial charge in [-0.25, -0.2) is 14.2 Å². The Morgan fingerprint density at radius 3 is 2.81 bits per heavy atom. The highest BCUT2D eigenvalue weighted by Crippen LogP contribution is 2.24. The third kappa shape index (κ3) is 4.98. The van der Waals surface area contributed by atoms with Gasteiger partial charge < -0.3 is 19.5 Å². The summed E-state index contributed by atoms with van der Waals surface area (Å²) in [6, 6.07) is 14.5. The Morgan fingerprint density at radius 1 is 1.23 bits per heavy atom. The van der Waals surface area contributed by atoms with Crippen molar-refractivity contribution in [3.05, 3.63) is 59.9 Å². The number of benzene rings is 2. The minimum absolute atomic E-state index is 0.0391. The lowest BCUT2D eigenvalue weighted by molar-refractivity contribution is 0.0235. The first-order chi connectivity index (χ1) is 14.8. The summed E-state index contributed by atoms with van der Waals surface area (Å²) in [6.07, 6.45) is 1.59. The number of hydrogen-bond donors (Lipinski definition) is 1. The first kappa shape index (κ1) is 21.2. The largest absolute Gasteiger partial charge is 0.444 e. The number of carbonyl (C=O) groups excluding carboxylic acids is 1. The molecule has 0 unspecified atom stereocenters. The fourth-order valence-corrected chi connectivity index (χ4v) is 4.01. The third-order valence-electron chi connectivity index (χ3n) is 5.39. The fraction of sp³-hybridized carbons (Fsp3) is 0.417. The van der Waals surface area contributed by atoms with Crippen molar-refractivity contribution in [1.29, 1.82) is 0 Å². The van der Waals surface area contributed by atoms with Crippen LogP contribution in [0.3, 0.4) is 0 Å². The number of halogens is 1. The summed E-state index contributed by atoms with van der Waals surface area (Å²) in [7, 11) is 0. The number of ether oxygens (including phenoxy) is 1. The van der Waals surface area contributed by atoms with Crippen molar-refractivity contribution in [2.45, 2.75) is 51.8 Å². The molecular formula is C24H29FN4O2. The topological polar surface area (TPSA) is 59.4 Å². The van der Waals surface area contributed by atoms with Crippen molar-refractivity contribution in [3.8, 4) is 0 Å². The molecule has 1 aromatic heterocycles. The number of fused-ring (bicyclic) bond motifs is 1. The summed E-state index contributed by atoms with van der Waals surface area (Å²) in [5, 5.41) is 3.44. The quantitative estimate of drug-likeness (QED) is 0.624. The van der Waals surface area contributed by atoms with Crippen LogP contribution >= 0.6 is 0 Å². The number of aromatic nitrogens is 2. The Labute approximate surface area is 182 Å². The molecule has 1 aliphatic rings. The number of rotatable bonds is 5. The van der Waals surface area contributed by atoms with Crippen molar-refractivity contribution in [3.63, 3.8) is 0 Å². The Morgan fingerprint density at radius 2 is 2.03 bits per heavy atom. The van der Waals surface area contributed by atoms with Crippen LogP contribution in [-0.2, 0) is 11.3 Å². The molecule has 7 heteroatoms. The molecule has 164 valence electrons. The van der Waals surface area contributed by atoms with Gasteiger partial charge in [-0.2, -0.15) is 0 Å².